The molecule has 0 aliphatic heterocycles. The molecule has 0 bridgehead atoms. The lowest BCUT2D eigenvalue weighted by Gasteiger charge is -2.13. The second-order valence-electron chi connectivity index (χ2n) is 4.85. The van der Waals surface area contributed by atoms with Crippen LogP contribution in [0.25, 0.3) is 0 Å². The monoisotopic (exact) mass is 238 g/mol. The van der Waals surface area contributed by atoms with Gasteiger partial charge in [-0.15, -0.1) is 0 Å². The molecule has 0 saturated heterocycles. The SMILES string of the molecule is CCC1(CNCc2cc(N)cc(Cl)c2)CC1. The maximum atomic E-state index is 5.95. The van der Waals surface area contributed by atoms with Gasteiger partial charge in [-0.3, -0.25) is 0 Å². The molecule has 1 aliphatic carbocycles. The summed E-state index contributed by atoms with van der Waals surface area (Å²) in [6.07, 6.45) is 4.01. The van der Waals surface area contributed by atoms with Gasteiger partial charge in [-0.1, -0.05) is 18.5 Å². The minimum atomic E-state index is 0.587. The van der Waals surface area contributed by atoms with Gasteiger partial charge < -0.3 is 11.1 Å². The van der Waals surface area contributed by atoms with Crippen molar-refractivity contribution in [2.45, 2.75) is 32.7 Å². The van der Waals surface area contributed by atoms with Gasteiger partial charge in [-0.2, -0.15) is 0 Å². The van der Waals surface area contributed by atoms with E-state index in [-0.39, 0.29) is 0 Å². The van der Waals surface area contributed by atoms with E-state index in [1.54, 1.807) is 6.07 Å². The fraction of sp³-hybridized carbons (Fsp3) is 0.538. The van der Waals surface area contributed by atoms with Crippen molar-refractivity contribution in [2.24, 2.45) is 5.41 Å². The Morgan fingerprint density at radius 2 is 2.12 bits per heavy atom. The number of hydrogen-bond acceptors (Lipinski definition) is 2. The first kappa shape index (κ1) is 11.7. The highest BCUT2D eigenvalue weighted by Gasteiger charge is 2.39. The number of nitrogen functional groups attached to an aromatic ring is 1. The lowest BCUT2D eigenvalue weighted by molar-refractivity contribution is 0.443. The van der Waals surface area contributed by atoms with Gasteiger partial charge in [0, 0.05) is 23.8 Å². The van der Waals surface area contributed by atoms with E-state index in [0.717, 1.165) is 24.3 Å². The molecule has 88 valence electrons. The van der Waals surface area contributed by atoms with E-state index in [0.29, 0.717) is 10.4 Å². The standard InChI is InChI=1S/C13H19ClN2/c1-2-13(3-4-13)9-16-8-10-5-11(14)7-12(15)6-10/h5-7,16H,2-4,8-9,15H2,1H3. The van der Waals surface area contributed by atoms with Crippen molar-refractivity contribution in [3.8, 4) is 0 Å². The number of rotatable bonds is 5. The van der Waals surface area contributed by atoms with Gasteiger partial charge in [0.05, 0.1) is 0 Å². The molecule has 3 heteroatoms. The highest BCUT2D eigenvalue weighted by Crippen LogP contribution is 2.47. The van der Waals surface area contributed by atoms with Crippen LogP contribution in [0.5, 0.6) is 0 Å². The van der Waals surface area contributed by atoms with Crippen LogP contribution in [0.1, 0.15) is 31.7 Å². The second kappa shape index (κ2) is 4.64. The lowest BCUT2D eigenvalue weighted by atomic mass is 10.0. The fourth-order valence-corrected chi connectivity index (χ4v) is 2.35. The fourth-order valence-electron chi connectivity index (χ4n) is 2.08. The normalized spacial score (nSPS) is 17.4. The Balaban J connectivity index is 1.85. The molecule has 0 aromatic heterocycles. The molecule has 16 heavy (non-hydrogen) atoms. The molecule has 0 spiro atoms. The number of benzene rings is 1. The Kier molecular flexibility index (Phi) is 3.41. The Morgan fingerprint density at radius 3 is 2.69 bits per heavy atom. The van der Waals surface area contributed by atoms with Crippen molar-refractivity contribution >= 4 is 17.3 Å². The van der Waals surface area contributed by atoms with Gasteiger partial charge in [0.25, 0.3) is 0 Å². The quantitative estimate of drug-likeness (QED) is 0.774. The zero-order valence-corrected chi connectivity index (χ0v) is 10.5. The summed E-state index contributed by atoms with van der Waals surface area (Å²) >= 11 is 5.95. The molecule has 1 aliphatic rings. The summed E-state index contributed by atoms with van der Waals surface area (Å²) in [5.41, 5.74) is 8.23. The summed E-state index contributed by atoms with van der Waals surface area (Å²) in [7, 11) is 0. The van der Waals surface area contributed by atoms with Gasteiger partial charge in [-0.05, 0) is 48.4 Å². The number of anilines is 1. The van der Waals surface area contributed by atoms with Crippen LogP contribution in [0.4, 0.5) is 5.69 Å². The molecule has 2 rings (SSSR count). The van der Waals surface area contributed by atoms with Gasteiger partial charge in [0.2, 0.25) is 0 Å². The average Bonchev–Trinajstić information content (AvgIpc) is 2.97. The molecule has 0 amide bonds. The molecule has 1 fully saturated rings. The van der Waals surface area contributed by atoms with Crippen molar-refractivity contribution in [2.75, 3.05) is 12.3 Å². The van der Waals surface area contributed by atoms with Crippen LogP contribution in [0, 0.1) is 5.41 Å². The molecule has 3 N–H and O–H groups in total. The molecule has 2 nitrogen and oxygen atoms in total. The Bertz CT molecular complexity index is 352. The number of nitrogens with one attached hydrogen (secondary N) is 1. The number of nitrogens with two attached hydrogens (primary N) is 1. The summed E-state index contributed by atoms with van der Waals surface area (Å²) in [6, 6.07) is 5.72. The summed E-state index contributed by atoms with van der Waals surface area (Å²) in [5.74, 6) is 0. The highest BCUT2D eigenvalue weighted by atomic mass is 35.5. The first-order chi connectivity index (χ1) is 7.63. The molecule has 0 unspecified atom stereocenters. The van der Waals surface area contributed by atoms with Crippen LogP contribution in [0.3, 0.4) is 0 Å². The molecule has 1 saturated carbocycles. The Morgan fingerprint density at radius 1 is 1.38 bits per heavy atom. The van der Waals surface area contributed by atoms with Crippen LogP contribution < -0.4 is 11.1 Å². The van der Waals surface area contributed by atoms with E-state index in [1.165, 1.54) is 19.3 Å². The number of hydrogen-bond donors (Lipinski definition) is 2. The maximum absolute atomic E-state index is 5.95. The third-order valence-electron chi connectivity index (χ3n) is 3.52. The van der Waals surface area contributed by atoms with E-state index in [2.05, 4.69) is 12.2 Å². The number of halogens is 1. The minimum absolute atomic E-state index is 0.587. The second-order valence-corrected chi connectivity index (χ2v) is 5.29. The van der Waals surface area contributed by atoms with E-state index in [9.17, 15) is 0 Å². The predicted molar refractivity (Wildman–Crippen MR) is 69.5 cm³/mol. The molecule has 0 radical (unpaired) electrons. The summed E-state index contributed by atoms with van der Waals surface area (Å²) in [4.78, 5) is 0. The molecule has 0 atom stereocenters. The molecule has 1 aromatic rings. The summed E-state index contributed by atoms with van der Waals surface area (Å²) < 4.78 is 0. The third kappa shape index (κ3) is 2.89. The highest BCUT2D eigenvalue weighted by molar-refractivity contribution is 6.30. The van der Waals surface area contributed by atoms with Crippen molar-refractivity contribution in [3.05, 3.63) is 28.8 Å². The lowest BCUT2D eigenvalue weighted by Crippen LogP contribution is -2.23. The molecular weight excluding hydrogens is 220 g/mol. The van der Waals surface area contributed by atoms with E-state index < -0.39 is 0 Å². The van der Waals surface area contributed by atoms with Crippen LogP contribution in [0.15, 0.2) is 18.2 Å². The third-order valence-corrected chi connectivity index (χ3v) is 3.73. The molecule has 0 heterocycles. The summed E-state index contributed by atoms with van der Waals surface area (Å²) in [5, 5.41) is 4.21. The van der Waals surface area contributed by atoms with Gasteiger partial charge in [0.1, 0.15) is 0 Å². The van der Waals surface area contributed by atoms with Crippen LogP contribution in [-0.2, 0) is 6.54 Å². The Labute approximate surface area is 102 Å². The van der Waals surface area contributed by atoms with Crippen LogP contribution in [0.2, 0.25) is 5.02 Å². The Hall–Kier alpha value is -0.730. The first-order valence-corrected chi connectivity index (χ1v) is 6.27. The topological polar surface area (TPSA) is 38.0 Å². The van der Waals surface area contributed by atoms with Crippen molar-refractivity contribution in [1.29, 1.82) is 0 Å². The van der Waals surface area contributed by atoms with Gasteiger partial charge in [-0.25, -0.2) is 0 Å². The van der Waals surface area contributed by atoms with Crippen LogP contribution >= 0.6 is 11.6 Å². The zero-order valence-electron chi connectivity index (χ0n) is 9.72. The van der Waals surface area contributed by atoms with Crippen molar-refractivity contribution < 1.29 is 0 Å². The largest absolute Gasteiger partial charge is 0.399 e. The van der Waals surface area contributed by atoms with Crippen molar-refractivity contribution in [1.82, 2.24) is 5.32 Å². The first-order valence-electron chi connectivity index (χ1n) is 5.89. The minimum Gasteiger partial charge on any atom is -0.399 e. The zero-order chi connectivity index (χ0) is 11.6. The maximum Gasteiger partial charge on any atom is 0.0429 e. The average molecular weight is 239 g/mol. The van der Waals surface area contributed by atoms with Gasteiger partial charge >= 0.3 is 0 Å². The molecule has 1 aromatic carbocycles. The van der Waals surface area contributed by atoms with E-state index in [1.807, 2.05) is 12.1 Å². The van der Waals surface area contributed by atoms with Crippen molar-refractivity contribution in [3.63, 3.8) is 0 Å². The van der Waals surface area contributed by atoms with E-state index >= 15 is 0 Å². The molecular formula is C13H19ClN2. The van der Waals surface area contributed by atoms with Crippen LogP contribution in [-0.4, -0.2) is 6.54 Å². The van der Waals surface area contributed by atoms with E-state index in [4.69, 9.17) is 17.3 Å². The predicted octanol–water partition coefficient (Wildman–Crippen LogP) is 3.20. The van der Waals surface area contributed by atoms with Gasteiger partial charge in [0.15, 0.2) is 0 Å². The smallest absolute Gasteiger partial charge is 0.0429 e. The summed E-state index contributed by atoms with van der Waals surface area (Å²) in [6.45, 7) is 4.23.